The van der Waals surface area contributed by atoms with Crippen molar-refractivity contribution in [2.45, 2.75) is 39.7 Å². The lowest BCUT2D eigenvalue weighted by Crippen LogP contribution is -2.40. The first-order valence-corrected chi connectivity index (χ1v) is 5.48. The molecule has 1 aliphatic heterocycles. The van der Waals surface area contributed by atoms with E-state index in [-0.39, 0.29) is 0 Å². The van der Waals surface area contributed by atoms with Crippen LogP contribution < -0.4 is 5.73 Å². The smallest absolute Gasteiger partial charge is 0.0643 e. The van der Waals surface area contributed by atoms with Crippen LogP contribution in [0.2, 0.25) is 0 Å². The topological polar surface area (TPSA) is 35.2 Å². The van der Waals surface area contributed by atoms with Gasteiger partial charge in [0.05, 0.1) is 6.10 Å². The van der Waals surface area contributed by atoms with Gasteiger partial charge in [0.2, 0.25) is 0 Å². The number of hydrogen-bond acceptors (Lipinski definition) is 2. The lowest BCUT2D eigenvalue weighted by molar-refractivity contribution is -0.0637. The van der Waals surface area contributed by atoms with Crippen molar-refractivity contribution >= 4 is 0 Å². The molecule has 0 radical (unpaired) electrons. The van der Waals surface area contributed by atoms with Gasteiger partial charge in [0, 0.05) is 6.61 Å². The van der Waals surface area contributed by atoms with Crippen LogP contribution in [0.5, 0.6) is 0 Å². The van der Waals surface area contributed by atoms with Crippen LogP contribution in [-0.2, 0) is 4.74 Å². The van der Waals surface area contributed by atoms with Crippen LogP contribution in [0.15, 0.2) is 0 Å². The van der Waals surface area contributed by atoms with Crippen molar-refractivity contribution in [3.63, 3.8) is 0 Å². The van der Waals surface area contributed by atoms with Gasteiger partial charge >= 0.3 is 0 Å². The highest BCUT2D eigenvalue weighted by Gasteiger charge is 2.30. The number of nitrogens with two attached hydrogens (primary N) is 1. The highest BCUT2D eigenvalue weighted by molar-refractivity contribution is 4.80. The standard InChI is InChI=1S/C11H23NO/c1-8(2)9(3)11-10(7-12)5-4-6-13-11/h8-11H,4-7,12H2,1-3H3. The maximum atomic E-state index is 5.82. The minimum Gasteiger partial charge on any atom is -0.378 e. The van der Waals surface area contributed by atoms with Gasteiger partial charge in [-0.3, -0.25) is 0 Å². The van der Waals surface area contributed by atoms with Gasteiger partial charge in [0.15, 0.2) is 0 Å². The third kappa shape index (κ3) is 2.68. The molecule has 3 unspecified atom stereocenters. The van der Waals surface area contributed by atoms with Gasteiger partial charge < -0.3 is 10.5 Å². The lowest BCUT2D eigenvalue weighted by Gasteiger charge is -2.36. The average molecular weight is 185 g/mol. The summed E-state index contributed by atoms with van der Waals surface area (Å²) in [6.07, 6.45) is 2.83. The van der Waals surface area contributed by atoms with E-state index in [4.69, 9.17) is 10.5 Å². The van der Waals surface area contributed by atoms with Gasteiger partial charge in [-0.15, -0.1) is 0 Å². The summed E-state index contributed by atoms with van der Waals surface area (Å²) >= 11 is 0. The van der Waals surface area contributed by atoms with Crippen molar-refractivity contribution in [1.29, 1.82) is 0 Å². The first-order valence-electron chi connectivity index (χ1n) is 5.48. The molecule has 0 bridgehead atoms. The monoisotopic (exact) mass is 185 g/mol. The zero-order valence-corrected chi connectivity index (χ0v) is 9.12. The second-order valence-electron chi connectivity index (χ2n) is 4.58. The van der Waals surface area contributed by atoms with E-state index >= 15 is 0 Å². The summed E-state index contributed by atoms with van der Waals surface area (Å²) in [6.45, 7) is 8.51. The second kappa shape index (κ2) is 4.97. The summed E-state index contributed by atoms with van der Waals surface area (Å²) in [7, 11) is 0. The summed E-state index contributed by atoms with van der Waals surface area (Å²) in [5.74, 6) is 1.91. The van der Waals surface area contributed by atoms with Crippen LogP contribution in [-0.4, -0.2) is 19.3 Å². The van der Waals surface area contributed by atoms with E-state index in [0.717, 1.165) is 13.2 Å². The quantitative estimate of drug-likeness (QED) is 0.730. The Kier molecular flexibility index (Phi) is 4.20. The molecule has 0 amide bonds. The summed E-state index contributed by atoms with van der Waals surface area (Å²) in [4.78, 5) is 0. The van der Waals surface area contributed by atoms with Crippen LogP contribution in [0.4, 0.5) is 0 Å². The minimum atomic E-state index is 0.402. The van der Waals surface area contributed by atoms with Crippen molar-refractivity contribution in [3.05, 3.63) is 0 Å². The predicted octanol–water partition coefficient (Wildman–Crippen LogP) is 2.03. The Morgan fingerprint density at radius 1 is 1.38 bits per heavy atom. The second-order valence-corrected chi connectivity index (χ2v) is 4.58. The molecule has 0 aromatic heterocycles. The number of ether oxygens (including phenoxy) is 1. The zero-order valence-electron chi connectivity index (χ0n) is 9.12. The minimum absolute atomic E-state index is 0.402. The summed E-state index contributed by atoms with van der Waals surface area (Å²) < 4.78 is 5.82. The molecule has 0 aliphatic carbocycles. The van der Waals surface area contributed by atoms with Crippen molar-refractivity contribution in [2.75, 3.05) is 13.2 Å². The van der Waals surface area contributed by atoms with Crippen LogP contribution >= 0.6 is 0 Å². The Labute approximate surface area is 81.8 Å². The maximum absolute atomic E-state index is 5.82. The molecule has 0 aromatic rings. The largest absolute Gasteiger partial charge is 0.378 e. The van der Waals surface area contributed by atoms with E-state index in [0.29, 0.717) is 23.9 Å². The van der Waals surface area contributed by atoms with Gasteiger partial charge in [-0.25, -0.2) is 0 Å². The molecule has 0 spiro atoms. The van der Waals surface area contributed by atoms with Crippen LogP contribution in [0.1, 0.15) is 33.6 Å². The van der Waals surface area contributed by atoms with Crippen molar-refractivity contribution < 1.29 is 4.74 Å². The first-order chi connectivity index (χ1) is 6.16. The fourth-order valence-corrected chi connectivity index (χ4v) is 2.08. The van der Waals surface area contributed by atoms with E-state index in [9.17, 15) is 0 Å². The number of hydrogen-bond donors (Lipinski definition) is 1. The first kappa shape index (κ1) is 11.0. The fourth-order valence-electron chi connectivity index (χ4n) is 2.08. The molecule has 2 nitrogen and oxygen atoms in total. The zero-order chi connectivity index (χ0) is 9.84. The Balaban J connectivity index is 2.53. The van der Waals surface area contributed by atoms with E-state index < -0.39 is 0 Å². The van der Waals surface area contributed by atoms with Gasteiger partial charge in [0.1, 0.15) is 0 Å². The normalized spacial score (nSPS) is 32.1. The molecule has 3 atom stereocenters. The molecular formula is C11H23NO. The molecule has 2 N–H and O–H groups in total. The van der Waals surface area contributed by atoms with Crippen molar-refractivity contribution in [1.82, 2.24) is 0 Å². The SMILES string of the molecule is CC(C)C(C)C1OCCCC1CN. The molecule has 1 fully saturated rings. The van der Waals surface area contributed by atoms with E-state index in [2.05, 4.69) is 20.8 Å². The molecule has 0 saturated carbocycles. The summed E-state index contributed by atoms with van der Waals surface area (Å²) in [5, 5.41) is 0. The highest BCUT2D eigenvalue weighted by Crippen LogP contribution is 2.29. The lowest BCUT2D eigenvalue weighted by atomic mass is 9.81. The van der Waals surface area contributed by atoms with Crippen molar-refractivity contribution in [2.24, 2.45) is 23.5 Å². The Hall–Kier alpha value is -0.0800. The summed E-state index contributed by atoms with van der Waals surface area (Å²) in [6, 6.07) is 0. The molecule has 0 aromatic carbocycles. The Morgan fingerprint density at radius 3 is 2.62 bits per heavy atom. The average Bonchev–Trinajstić information content (AvgIpc) is 2.16. The van der Waals surface area contributed by atoms with Crippen LogP contribution in [0, 0.1) is 17.8 Å². The van der Waals surface area contributed by atoms with Crippen LogP contribution in [0.3, 0.4) is 0 Å². The van der Waals surface area contributed by atoms with E-state index in [1.54, 1.807) is 0 Å². The number of rotatable bonds is 3. The summed E-state index contributed by atoms with van der Waals surface area (Å²) in [5.41, 5.74) is 5.75. The third-order valence-corrected chi connectivity index (χ3v) is 3.37. The molecule has 2 heteroatoms. The third-order valence-electron chi connectivity index (χ3n) is 3.37. The van der Waals surface area contributed by atoms with Gasteiger partial charge in [0.25, 0.3) is 0 Å². The molecular weight excluding hydrogens is 162 g/mol. The molecule has 1 aliphatic rings. The highest BCUT2D eigenvalue weighted by atomic mass is 16.5. The molecule has 1 rings (SSSR count). The predicted molar refractivity (Wildman–Crippen MR) is 55.5 cm³/mol. The van der Waals surface area contributed by atoms with Crippen LogP contribution in [0.25, 0.3) is 0 Å². The molecule has 13 heavy (non-hydrogen) atoms. The van der Waals surface area contributed by atoms with E-state index in [1.807, 2.05) is 0 Å². The van der Waals surface area contributed by atoms with Crippen molar-refractivity contribution in [3.8, 4) is 0 Å². The Bertz CT molecular complexity index is 145. The van der Waals surface area contributed by atoms with Gasteiger partial charge in [-0.05, 0) is 37.1 Å². The fraction of sp³-hybridized carbons (Fsp3) is 1.00. The molecule has 78 valence electrons. The van der Waals surface area contributed by atoms with E-state index in [1.165, 1.54) is 12.8 Å². The van der Waals surface area contributed by atoms with Gasteiger partial charge in [-0.2, -0.15) is 0 Å². The molecule has 1 heterocycles. The van der Waals surface area contributed by atoms with Gasteiger partial charge in [-0.1, -0.05) is 20.8 Å². The molecule has 1 saturated heterocycles. The maximum Gasteiger partial charge on any atom is 0.0643 e. The Morgan fingerprint density at radius 2 is 2.08 bits per heavy atom.